The molecule has 3 heteroatoms. The summed E-state index contributed by atoms with van der Waals surface area (Å²) in [6.07, 6.45) is 0.870. The Hall–Kier alpha value is 0.390. The summed E-state index contributed by atoms with van der Waals surface area (Å²) in [5.74, 6) is 0. The number of hydrogen-bond acceptors (Lipinski definition) is 2. The number of hydrogen-bond donors (Lipinski definition) is 0. The van der Waals surface area contributed by atoms with Gasteiger partial charge in [-0.05, 0) is 30.4 Å². The molecule has 1 aliphatic rings. The second-order valence-electron chi connectivity index (χ2n) is 3.35. The Morgan fingerprint density at radius 1 is 1.75 bits per heavy atom. The summed E-state index contributed by atoms with van der Waals surface area (Å²) in [4.78, 5) is 0. The summed E-state index contributed by atoms with van der Waals surface area (Å²) in [5, 5.41) is 0. The van der Waals surface area contributed by atoms with E-state index >= 15 is 0 Å². The lowest BCUT2D eigenvalue weighted by atomic mass is 10.0. The van der Waals surface area contributed by atoms with Gasteiger partial charge in [0.25, 0.3) is 0 Å². The van der Waals surface area contributed by atoms with Crippen LogP contribution in [0.25, 0.3) is 0 Å². The fourth-order valence-electron chi connectivity index (χ4n) is 1.33. The van der Waals surface area contributed by atoms with Gasteiger partial charge in [-0.2, -0.15) is 0 Å². The van der Waals surface area contributed by atoms with Gasteiger partial charge < -0.3 is 9.47 Å². The van der Waals surface area contributed by atoms with Gasteiger partial charge >= 0.3 is 0 Å². The quantitative estimate of drug-likeness (QED) is 0.725. The van der Waals surface area contributed by atoms with Crippen molar-refractivity contribution < 1.29 is 9.47 Å². The minimum Gasteiger partial charge on any atom is -0.353 e. The Bertz CT molecular complexity index is 187. The maximum Gasteiger partial charge on any atom is 0.162 e. The van der Waals surface area contributed by atoms with Gasteiger partial charge in [0.05, 0.1) is 5.60 Å². The largest absolute Gasteiger partial charge is 0.353 e. The van der Waals surface area contributed by atoms with Crippen molar-refractivity contribution in [2.24, 2.45) is 0 Å². The average Bonchev–Trinajstić information content (AvgIpc) is 2.25. The van der Waals surface area contributed by atoms with Crippen molar-refractivity contribution in [2.45, 2.75) is 39.1 Å². The van der Waals surface area contributed by atoms with Crippen molar-refractivity contribution in [3.8, 4) is 0 Å². The zero-order valence-corrected chi connectivity index (χ0v) is 9.92. The minimum absolute atomic E-state index is 0.0361. The third-order valence-corrected chi connectivity index (χ3v) is 2.82. The fourth-order valence-corrected chi connectivity index (χ4v) is 2.33. The second kappa shape index (κ2) is 4.07. The molecular formula is C9H15IO2. The third kappa shape index (κ3) is 2.20. The molecule has 0 spiro atoms. The molecule has 1 saturated heterocycles. The molecular weight excluding hydrogens is 267 g/mol. The van der Waals surface area contributed by atoms with Gasteiger partial charge in [0.2, 0.25) is 0 Å². The average molecular weight is 282 g/mol. The number of rotatable bonds is 2. The molecule has 1 rings (SSSR count). The zero-order valence-electron chi connectivity index (χ0n) is 7.76. The SMILES string of the molecule is CCOC1C/C(=C\I)C(C)(C)O1. The molecule has 0 saturated carbocycles. The summed E-state index contributed by atoms with van der Waals surface area (Å²) < 4.78 is 13.2. The molecule has 1 unspecified atom stereocenters. The Morgan fingerprint density at radius 3 is 2.83 bits per heavy atom. The second-order valence-corrected chi connectivity index (χ2v) is 3.97. The van der Waals surface area contributed by atoms with Crippen LogP contribution in [0.5, 0.6) is 0 Å². The molecule has 0 aromatic rings. The molecule has 1 atom stereocenters. The van der Waals surface area contributed by atoms with Gasteiger partial charge in [0.15, 0.2) is 6.29 Å². The summed E-state index contributed by atoms with van der Waals surface area (Å²) in [5.41, 5.74) is 1.18. The smallest absolute Gasteiger partial charge is 0.162 e. The first-order chi connectivity index (χ1) is 5.60. The summed E-state index contributed by atoms with van der Waals surface area (Å²) in [7, 11) is 0. The first-order valence-electron chi connectivity index (χ1n) is 4.19. The monoisotopic (exact) mass is 282 g/mol. The van der Waals surface area contributed by atoms with E-state index in [0.717, 1.165) is 13.0 Å². The third-order valence-electron chi connectivity index (χ3n) is 2.07. The number of ether oxygens (including phenoxy) is 2. The van der Waals surface area contributed by atoms with E-state index in [1.807, 2.05) is 6.92 Å². The van der Waals surface area contributed by atoms with Crippen LogP contribution in [-0.2, 0) is 9.47 Å². The highest BCUT2D eigenvalue weighted by Crippen LogP contribution is 2.36. The Morgan fingerprint density at radius 2 is 2.42 bits per heavy atom. The maximum atomic E-state index is 5.70. The van der Waals surface area contributed by atoms with E-state index in [2.05, 4.69) is 40.5 Å². The van der Waals surface area contributed by atoms with E-state index in [1.165, 1.54) is 5.57 Å². The van der Waals surface area contributed by atoms with Crippen molar-refractivity contribution in [2.75, 3.05) is 6.61 Å². The van der Waals surface area contributed by atoms with Gasteiger partial charge in [-0.1, -0.05) is 22.6 Å². The first-order valence-corrected chi connectivity index (χ1v) is 5.44. The minimum atomic E-state index is -0.138. The van der Waals surface area contributed by atoms with Crippen LogP contribution in [0.1, 0.15) is 27.2 Å². The van der Waals surface area contributed by atoms with E-state index in [9.17, 15) is 0 Å². The fraction of sp³-hybridized carbons (Fsp3) is 0.778. The lowest BCUT2D eigenvalue weighted by molar-refractivity contribution is -0.152. The van der Waals surface area contributed by atoms with Crippen molar-refractivity contribution in [1.82, 2.24) is 0 Å². The highest BCUT2D eigenvalue weighted by molar-refractivity contribution is 14.1. The Labute approximate surface area is 87.5 Å². The molecule has 0 amide bonds. The molecule has 1 aliphatic heterocycles. The molecule has 12 heavy (non-hydrogen) atoms. The Balaban J connectivity index is 2.61. The highest BCUT2D eigenvalue weighted by Gasteiger charge is 2.36. The van der Waals surface area contributed by atoms with Gasteiger partial charge in [-0.3, -0.25) is 0 Å². The Kier molecular flexibility index (Phi) is 3.55. The van der Waals surface area contributed by atoms with Gasteiger partial charge in [-0.25, -0.2) is 0 Å². The van der Waals surface area contributed by atoms with E-state index in [4.69, 9.17) is 9.47 Å². The predicted octanol–water partition coefficient (Wildman–Crippen LogP) is 2.87. The molecule has 0 N–H and O–H groups in total. The van der Waals surface area contributed by atoms with Crippen LogP contribution in [0.4, 0.5) is 0 Å². The lowest BCUT2D eigenvalue weighted by Crippen LogP contribution is -2.22. The summed E-state index contributed by atoms with van der Waals surface area (Å²) in [6.45, 7) is 6.87. The molecule has 0 aliphatic carbocycles. The topological polar surface area (TPSA) is 18.5 Å². The molecule has 1 heterocycles. The van der Waals surface area contributed by atoms with Crippen LogP contribution in [0, 0.1) is 0 Å². The van der Waals surface area contributed by atoms with Crippen LogP contribution >= 0.6 is 22.6 Å². The lowest BCUT2D eigenvalue weighted by Gasteiger charge is -2.19. The maximum absolute atomic E-state index is 5.70. The highest BCUT2D eigenvalue weighted by atomic mass is 127. The van der Waals surface area contributed by atoms with Gasteiger partial charge in [0.1, 0.15) is 0 Å². The van der Waals surface area contributed by atoms with Crippen LogP contribution < -0.4 is 0 Å². The standard InChI is InChI=1S/C9H15IO2/c1-4-11-8-5-7(6-10)9(2,3)12-8/h6,8H,4-5H2,1-3H3/b7-6+. The molecule has 0 bridgehead atoms. The molecule has 70 valence electrons. The zero-order chi connectivity index (χ0) is 9.19. The molecule has 2 nitrogen and oxygen atoms in total. The first kappa shape index (κ1) is 10.5. The number of halogens is 1. The van der Waals surface area contributed by atoms with E-state index in [0.29, 0.717) is 0 Å². The molecule has 0 radical (unpaired) electrons. The van der Waals surface area contributed by atoms with Gasteiger partial charge in [0, 0.05) is 13.0 Å². The van der Waals surface area contributed by atoms with E-state index < -0.39 is 0 Å². The molecule has 0 aromatic carbocycles. The van der Waals surface area contributed by atoms with Crippen molar-refractivity contribution >= 4 is 22.6 Å². The van der Waals surface area contributed by atoms with Crippen molar-refractivity contribution in [1.29, 1.82) is 0 Å². The van der Waals surface area contributed by atoms with E-state index in [-0.39, 0.29) is 11.9 Å². The molecule has 0 aromatic heterocycles. The summed E-state index contributed by atoms with van der Waals surface area (Å²) in [6, 6.07) is 0. The normalized spacial score (nSPS) is 31.3. The van der Waals surface area contributed by atoms with Gasteiger partial charge in [-0.15, -0.1) is 0 Å². The van der Waals surface area contributed by atoms with E-state index in [1.54, 1.807) is 0 Å². The predicted molar refractivity (Wildman–Crippen MR) is 57.3 cm³/mol. The van der Waals surface area contributed by atoms with Crippen LogP contribution in [0.2, 0.25) is 0 Å². The van der Waals surface area contributed by atoms with Crippen molar-refractivity contribution in [3.63, 3.8) is 0 Å². The van der Waals surface area contributed by atoms with Crippen LogP contribution in [-0.4, -0.2) is 18.5 Å². The summed E-state index contributed by atoms with van der Waals surface area (Å²) >= 11 is 2.26. The molecule has 1 fully saturated rings. The van der Waals surface area contributed by atoms with Crippen LogP contribution in [0.3, 0.4) is 0 Å². The van der Waals surface area contributed by atoms with Crippen LogP contribution in [0.15, 0.2) is 9.66 Å². The van der Waals surface area contributed by atoms with Crippen molar-refractivity contribution in [3.05, 3.63) is 9.66 Å².